The maximum absolute atomic E-state index is 12.9. The number of H-pyrrole nitrogens is 1. The normalized spacial score (nSPS) is 12.3. The molecule has 0 bridgehead atoms. The zero-order valence-corrected chi connectivity index (χ0v) is 15.6. The number of para-hydroxylation sites is 1. The summed E-state index contributed by atoms with van der Waals surface area (Å²) in [6.45, 7) is 0.467. The monoisotopic (exact) mass is 381 g/mol. The minimum atomic E-state index is -0.181. The number of aromatic nitrogens is 4. The Morgan fingerprint density at radius 3 is 2.79 bits per heavy atom. The molecule has 0 radical (unpaired) electrons. The van der Waals surface area contributed by atoms with Gasteiger partial charge in [0.1, 0.15) is 5.56 Å². The summed E-state index contributed by atoms with van der Waals surface area (Å²) >= 11 is 0. The van der Waals surface area contributed by atoms with E-state index >= 15 is 0 Å². The van der Waals surface area contributed by atoms with E-state index < -0.39 is 0 Å². The van der Waals surface area contributed by atoms with Crippen LogP contribution in [0.3, 0.4) is 0 Å². The molecule has 6 nitrogen and oxygen atoms in total. The maximum Gasteiger partial charge on any atom is 0.256 e. The van der Waals surface area contributed by atoms with Crippen LogP contribution in [-0.4, -0.2) is 32.0 Å². The molecule has 0 aliphatic heterocycles. The lowest BCUT2D eigenvalue weighted by Crippen LogP contribution is -2.29. The Kier molecular flexibility index (Phi) is 4.29. The number of carbonyl (C=O) groups is 1. The lowest BCUT2D eigenvalue weighted by atomic mass is 9.91. The summed E-state index contributed by atoms with van der Waals surface area (Å²) in [5.41, 5.74) is 4.41. The second-order valence-corrected chi connectivity index (χ2v) is 6.91. The van der Waals surface area contributed by atoms with E-state index in [9.17, 15) is 4.79 Å². The van der Waals surface area contributed by atoms with Crippen molar-refractivity contribution in [2.75, 3.05) is 6.54 Å². The summed E-state index contributed by atoms with van der Waals surface area (Å²) in [6.07, 6.45) is 7.02. The highest BCUT2D eigenvalue weighted by Crippen LogP contribution is 2.30. The zero-order valence-electron chi connectivity index (χ0n) is 15.6. The van der Waals surface area contributed by atoms with E-state index in [1.807, 2.05) is 36.5 Å². The van der Waals surface area contributed by atoms with Gasteiger partial charge < -0.3 is 10.3 Å². The van der Waals surface area contributed by atoms with Gasteiger partial charge in [-0.2, -0.15) is 5.10 Å². The van der Waals surface area contributed by atoms with E-state index in [4.69, 9.17) is 0 Å². The van der Waals surface area contributed by atoms with Crippen molar-refractivity contribution < 1.29 is 4.79 Å². The van der Waals surface area contributed by atoms with Crippen LogP contribution in [0, 0.1) is 0 Å². The highest BCUT2D eigenvalue weighted by Gasteiger charge is 2.20. The second kappa shape index (κ2) is 7.24. The van der Waals surface area contributed by atoms with Crippen molar-refractivity contribution in [3.05, 3.63) is 102 Å². The van der Waals surface area contributed by atoms with Crippen LogP contribution in [0.5, 0.6) is 0 Å². The predicted octanol–water partition coefficient (Wildman–Crippen LogP) is 3.77. The highest BCUT2D eigenvalue weighted by atomic mass is 16.1. The van der Waals surface area contributed by atoms with Gasteiger partial charge >= 0.3 is 0 Å². The van der Waals surface area contributed by atoms with Crippen molar-refractivity contribution in [3.8, 4) is 0 Å². The van der Waals surface area contributed by atoms with Gasteiger partial charge in [0.25, 0.3) is 5.91 Å². The highest BCUT2D eigenvalue weighted by molar-refractivity contribution is 5.99. The van der Waals surface area contributed by atoms with Crippen LogP contribution in [0.25, 0.3) is 16.6 Å². The third-order valence-corrected chi connectivity index (χ3v) is 5.19. The van der Waals surface area contributed by atoms with E-state index in [1.165, 1.54) is 0 Å². The van der Waals surface area contributed by atoms with Crippen LogP contribution in [0.2, 0.25) is 0 Å². The minimum Gasteiger partial charge on any atom is -0.361 e. The van der Waals surface area contributed by atoms with E-state index in [2.05, 4.69) is 44.6 Å². The van der Waals surface area contributed by atoms with Gasteiger partial charge in [0.2, 0.25) is 0 Å². The largest absolute Gasteiger partial charge is 0.361 e. The maximum atomic E-state index is 12.9. The van der Waals surface area contributed by atoms with Crippen molar-refractivity contribution >= 4 is 22.5 Å². The molecule has 1 amide bonds. The van der Waals surface area contributed by atoms with Crippen LogP contribution in [-0.2, 0) is 0 Å². The summed E-state index contributed by atoms with van der Waals surface area (Å²) in [4.78, 5) is 20.5. The summed E-state index contributed by atoms with van der Waals surface area (Å²) < 4.78 is 1.60. The molecule has 0 spiro atoms. The Morgan fingerprint density at radius 1 is 1.07 bits per heavy atom. The number of fused-ring (bicyclic) bond motifs is 2. The first kappa shape index (κ1) is 17.2. The Hall–Kier alpha value is -3.93. The van der Waals surface area contributed by atoms with E-state index in [-0.39, 0.29) is 11.8 Å². The quantitative estimate of drug-likeness (QED) is 0.487. The summed E-state index contributed by atoms with van der Waals surface area (Å²) in [6, 6.07) is 20.2. The Labute approximate surface area is 167 Å². The molecule has 3 heterocycles. The molecule has 0 aliphatic rings. The predicted molar refractivity (Wildman–Crippen MR) is 112 cm³/mol. The lowest BCUT2D eigenvalue weighted by molar-refractivity contribution is 0.0954. The van der Waals surface area contributed by atoms with Gasteiger partial charge in [0.05, 0.1) is 6.20 Å². The fourth-order valence-electron chi connectivity index (χ4n) is 3.75. The average Bonchev–Trinajstić information content (AvgIpc) is 3.39. The molecule has 0 unspecified atom stereocenters. The van der Waals surface area contributed by atoms with Crippen LogP contribution >= 0.6 is 0 Å². The SMILES string of the molecule is O=C(NC[C@H](c1ccccc1)c1c[nH]c2ccccc12)c1cnn2cccnc12. The molecule has 2 N–H and O–H groups in total. The number of carbonyl (C=O) groups excluding carboxylic acids is 1. The van der Waals surface area contributed by atoms with Gasteiger partial charge in [-0.25, -0.2) is 9.50 Å². The lowest BCUT2D eigenvalue weighted by Gasteiger charge is -2.18. The molecule has 3 aromatic heterocycles. The fourth-order valence-corrected chi connectivity index (χ4v) is 3.75. The number of rotatable bonds is 5. The van der Waals surface area contributed by atoms with Crippen molar-refractivity contribution in [1.29, 1.82) is 0 Å². The zero-order chi connectivity index (χ0) is 19.6. The molecule has 2 aromatic carbocycles. The first-order valence-electron chi connectivity index (χ1n) is 9.49. The average molecular weight is 381 g/mol. The first-order valence-corrected chi connectivity index (χ1v) is 9.49. The summed E-state index contributed by atoms with van der Waals surface area (Å²) in [5, 5.41) is 8.45. The van der Waals surface area contributed by atoms with Gasteiger partial charge in [-0.15, -0.1) is 0 Å². The molecule has 5 aromatic rings. The van der Waals surface area contributed by atoms with Gasteiger partial charge in [0.15, 0.2) is 5.65 Å². The number of nitrogens with one attached hydrogen (secondary N) is 2. The Bertz CT molecular complexity index is 1290. The molecule has 5 rings (SSSR count). The van der Waals surface area contributed by atoms with Crippen LogP contribution in [0.15, 0.2) is 85.5 Å². The van der Waals surface area contributed by atoms with Crippen LogP contribution < -0.4 is 5.32 Å². The molecule has 142 valence electrons. The Balaban J connectivity index is 1.47. The Morgan fingerprint density at radius 2 is 1.90 bits per heavy atom. The molecular weight excluding hydrogens is 362 g/mol. The van der Waals surface area contributed by atoms with Gasteiger partial charge in [-0.3, -0.25) is 4.79 Å². The number of hydrogen-bond donors (Lipinski definition) is 2. The molecule has 0 fully saturated rings. The molecule has 29 heavy (non-hydrogen) atoms. The smallest absolute Gasteiger partial charge is 0.256 e. The number of amides is 1. The van der Waals surface area contributed by atoms with Crippen molar-refractivity contribution in [3.63, 3.8) is 0 Å². The molecule has 0 saturated heterocycles. The standard InChI is InChI=1S/C23H19N5O/c29-23(20-15-27-28-12-6-11-24-22(20)28)26-13-18(16-7-2-1-3-8-16)19-14-25-21-10-5-4-9-17(19)21/h1-12,14-15,18,25H,13H2,(H,26,29)/t18-/m1/s1. The van der Waals surface area contributed by atoms with Gasteiger partial charge in [0, 0.05) is 42.0 Å². The number of benzene rings is 2. The van der Waals surface area contributed by atoms with E-state index in [0.717, 1.165) is 22.0 Å². The summed E-state index contributed by atoms with van der Waals surface area (Å²) in [5.74, 6) is -0.162. The number of aromatic amines is 1. The molecule has 0 saturated carbocycles. The van der Waals surface area contributed by atoms with Crippen LogP contribution in [0.4, 0.5) is 0 Å². The van der Waals surface area contributed by atoms with E-state index in [0.29, 0.717) is 17.8 Å². The summed E-state index contributed by atoms with van der Waals surface area (Å²) in [7, 11) is 0. The molecular formula is C23H19N5O. The van der Waals surface area contributed by atoms with Gasteiger partial charge in [-0.1, -0.05) is 48.5 Å². The number of hydrogen-bond acceptors (Lipinski definition) is 3. The van der Waals surface area contributed by atoms with Crippen molar-refractivity contribution in [2.24, 2.45) is 0 Å². The topological polar surface area (TPSA) is 75.1 Å². The van der Waals surface area contributed by atoms with Crippen molar-refractivity contribution in [1.82, 2.24) is 24.9 Å². The van der Waals surface area contributed by atoms with E-state index in [1.54, 1.807) is 29.2 Å². The van der Waals surface area contributed by atoms with Crippen LogP contribution in [0.1, 0.15) is 27.4 Å². The molecule has 1 atom stereocenters. The third-order valence-electron chi connectivity index (χ3n) is 5.19. The number of nitrogens with zero attached hydrogens (tertiary/aromatic N) is 3. The first-order chi connectivity index (χ1) is 14.3. The third kappa shape index (κ3) is 3.14. The second-order valence-electron chi connectivity index (χ2n) is 6.91. The van der Waals surface area contributed by atoms with Gasteiger partial charge in [-0.05, 0) is 23.3 Å². The van der Waals surface area contributed by atoms with Crippen molar-refractivity contribution in [2.45, 2.75) is 5.92 Å². The molecule has 0 aliphatic carbocycles. The minimum absolute atomic E-state index is 0.0195. The molecule has 6 heteroatoms. The fraction of sp³-hybridized carbons (Fsp3) is 0.0870.